The highest BCUT2D eigenvalue weighted by Crippen LogP contribution is 2.15. The van der Waals surface area contributed by atoms with Gasteiger partial charge in [-0.2, -0.15) is 0 Å². The van der Waals surface area contributed by atoms with Crippen LogP contribution in [0.4, 0.5) is 0 Å². The van der Waals surface area contributed by atoms with Gasteiger partial charge in [0, 0.05) is 32.8 Å². The molecule has 1 heterocycles. The van der Waals surface area contributed by atoms with Crippen LogP contribution in [0.3, 0.4) is 0 Å². The Bertz CT molecular complexity index is 306. The lowest BCUT2D eigenvalue weighted by atomic mass is 10.2. The largest absolute Gasteiger partial charge is 0.385 e. The van der Waals surface area contributed by atoms with Gasteiger partial charge in [-0.15, -0.1) is 0 Å². The summed E-state index contributed by atoms with van der Waals surface area (Å²) in [7, 11) is 0.943. The standard InChI is InChI=1S/C11H24N2O3S/c1-13(7-6-12-5-3-8-16-2)11-4-9-17(14,15)10-11/h11-12H,3-10H2,1-2H3. The fraction of sp³-hybridized carbons (Fsp3) is 1.00. The maximum absolute atomic E-state index is 11.3. The maximum Gasteiger partial charge on any atom is 0.151 e. The highest BCUT2D eigenvalue weighted by atomic mass is 32.2. The molecule has 0 spiro atoms. The van der Waals surface area contributed by atoms with Gasteiger partial charge in [0.25, 0.3) is 0 Å². The molecule has 1 aliphatic rings. The molecule has 0 saturated carbocycles. The van der Waals surface area contributed by atoms with Gasteiger partial charge in [-0.05, 0) is 26.4 Å². The highest BCUT2D eigenvalue weighted by Gasteiger charge is 2.30. The fourth-order valence-corrected chi connectivity index (χ4v) is 3.83. The van der Waals surface area contributed by atoms with E-state index in [1.165, 1.54) is 0 Å². The summed E-state index contributed by atoms with van der Waals surface area (Å²) < 4.78 is 27.6. The van der Waals surface area contributed by atoms with Crippen LogP contribution in [0.1, 0.15) is 12.8 Å². The molecule has 0 aromatic carbocycles. The van der Waals surface area contributed by atoms with Crippen LogP contribution < -0.4 is 5.32 Å². The van der Waals surface area contributed by atoms with Crippen LogP contribution in [0.15, 0.2) is 0 Å². The molecule has 1 saturated heterocycles. The van der Waals surface area contributed by atoms with Crippen molar-refractivity contribution in [2.24, 2.45) is 0 Å². The second-order valence-corrected chi connectivity index (χ2v) is 6.86. The van der Waals surface area contributed by atoms with Gasteiger partial charge < -0.3 is 15.0 Å². The van der Waals surface area contributed by atoms with Gasteiger partial charge in [0.15, 0.2) is 9.84 Å². The first-order valence-electron chi connectivity index (χ1n) is 6.15. The van der Waals surface area contributed by atoms with Crippen molar-refractivity contribution < 1.29 is 13.2 Å². The van der Waals surface area contributed by atoms with Gasteiger partial charge in [0.05, 0.1) is 11.5 Å². The fourth-order valence-electron chi connectivity index (χ4n) is 2.03. The summed E-state index contributed by atoms with van der Waals surface area (Å²) in [6.45, 7) is 3.53. The number of rotatable bonds is 8. The van der Waals surface area contributed by atoms with Crippen LogP contribution in [0.25, 0.3) is 0 Å². The van der Waals surface area contributed by atoms with Crippen LogP contribution in [-0.4, -0.2) is 71.3 Å². The summed E-state index contributed by atoms with van der Waals surface area (Å²) in [4.78, 5) is 2.15. The van der Waals surface area contributed by atoms with Crippen molar-refractivity contribution in [2.45, 2.75) is 18.9 Å². The second kappa shape index (κ2) is 7.31. The minimum absolute atomic E-state index is 0.209. The van der Waals surface area contributed by atoms with E-state index < -0.39 is 9.84 Å². The molecule has 1 fully saturated rings. The van der Waals surface area contributed by atoms with E-state index in [2.05, 4.69) is 10.2 Å². The smallest absolute Gasteiger partial charge is 0.151 e. The molecule has 0 amide bonds. The number of nitrogens with zero attached hydrogens (tertiary/aromatic N) is 1. The Morgan fingerprint density at radius 3 is 2.76 bits per heavy atom. The van der Waals surface area contributed by atoms with Crippen LogP contribution in [0, 0.1) is 0 Å². The third-order valence-electron chi connectivity index (χ3n) is 3.18. The van der Waals surface area contributed by atoms with Gasteiger partial charge >= 0.3 is 0 Å². The Morgan fingerprint density at radius 2 is 2.18 bits per heavy atom. The SMILES string of the molecule is COCCCNCCN(C)C1CCS(=O)(=O)C1. The van der Waals surface area contributed by atoms with Crippen molar-refractivity contribution in [1.82, 2.24) is 10.2 Å². The van der Waals surface area contributed by atoms with Gasteiger partial charge in [0.2, 0.25) is 0 Å². The third-order valence-corrected chi connectivity index (χ3v) is 4.93. The van der Waals surface area contributed by atoms with E-state index >= 15 is 0 Å². The average Bonchev–Trinajstić information content (AvgIpc) is 2.64. The van der Waals surface area contributed by atoms with Crippen molar-refractivity contribution in [1.29, 1.82) is 0 Å². The molecule has 0 aliphatic carbocycles. The predicted molar refractivity (Wildman–Crippen MR) is 69.1 cm³/mol. The summed E-state index contributed by atoms with van der Waals surface area (Å²) in [6.07, 6.45) is 1.79. The van der Waals surface area contributed by atoms with Gasteiger partial charge in [0.1, 0.15) is 0 Å². The predicted octanol–water partition coefficient (Wildman–Crippen LogP) is -0.269. The van der Waals surface area contributed by atoms with E-state index in [1.807, 2.05) is 7.05 Å². The number of hydrogen-bond acceptors (Lipinski definition) is 5. The molecule has 0 radical (unpaired) electrons. The van der Waals surface area contributed by atoms with E-state index in [0.29, 0.717) is 11.5 Å². The van der Waals surface area contributed by atoms with Crippen molar-refractivity contribution in [2.75, 3.05) is 51.9 Å². The summed E-state index contributed by atoms with van der Waals surface area (Å²) in [6, 6.07) is 0.209. The van der Waals surface area contributed by atoms with Crippen LogP contribution >= 0.6 is 0 Å². The molecule has 1 rings (SSSR count). The molecule has 17 heavy (non-hydrogen) atoms. The maximum atomic E-state index is 11.3. The van der Waals surface area contributed by atoms with Crippen molar-refractivity contribution in [3.05, 3.63) is 0 Å². The zero-order chi connectivity index (χ0) is 12.7. The molecule has 6 heteroatoms. The molecule has 0 aromatic rings. The Balaban J connectivity index is 2.07. The summed E-state index contributed by atoms with van der Waals surface area (Å²) in [5.41, 5.74) is 0. The lowest BCUT2D eigenvalue weighted by Crippen LogP contribution is -2.38. The first-order valence-corrected chi connectivity index (χ1v) is 7.97. The number of nitrogens with one attached hydrogen (secondary N) is 1. The Morgan fingerprint density at radius 1 is 1.41 bits per heavy atom. The lowest BCUT2D eigenvalue weighted by molar-refractivity contribution is 0.193. The summed E-state index contributed by atoms with van der Waals surface area (Å²) >= 11 is 0. The van der Waals surface area contributed by atoms with E-state index in [1.54, 1.807) is 7.11 Å². The van der Waals surface area contributed by atoms with Crippen molar-refractivity contribution >= 4 is 9.84 Å². The third kappa shape index (κ3) is 5.81. The molecular formula is C11H24N2O3S. The number of methoxy groups -OCH3 is 1. The monoisotopic (exact) mass is 264 g/mol. The van der Waals surface area contributed by atoms with Crippen molar-refractivity contribution in [3.63, 3.8) is 0 Å². The molecule has 1 atom stereocenters. The molecule has 0 bridgehead atoms. The molecule has 1 aliphatic heterocycles. The minimum Gasteiger partial charge on any atom is -0.385 e. The number of sulfone groups is 1. The van der Waals surface area contributed by atoms with E-state index in [0.717, 1.165) is 39.1 Å². The first-order chi connectivity index (χ1) is 8.05. The number of ether oxygens (including phenoxy) is 1. The van der Waals surface area contributed by atoms with Gasteiger partial charge in [-0.3, -0.25) is 0 Å². The Kier molecular flexibility index (Phi) is 6.40. The molecular weight excluding hydrogens is 240 g/mol. The van der Waals surface area contributed by atoms with E-state index in [-0.39, 0.29) is 6.04 Å². The van der Waals surface area contributed by atoms with Crippen LogP contribution in [-0.2, 0) is 14.6 Å². The van der Waals surface area contributed by atoms with Gasteiger partial charge in [-0.25, -0.2) is 8.42 Å². The molecule has 1 unspecified atom stereocenters. The van der Waals surface area contributed by atoms with Crippen molar-refractivity contribution in [3.8, 4) is 0 Å². The number of hydrogen-bond donors (Lipinski definition) is 1. The zero-order valence-electron chi connectivity index (χ0n) is 10.8. The molecule has 102 valence electrons. The van der Waals surface area contributed by atoms with Crippen LogP contribution in [0.2, 0.25) is 0 Å². The quantitative estimate of drug-likeness (QED) is 0.612. The first kappa shape index (κ1) is 14.9. The normalized spacial score (nSPS) is 23.4. The molecule has 5 nitrogen and oxygen atoms in total. The Labute approximate surface area is 104 Å². The van der Waals surface area contributed by atoms with E-state index in [4.69, 9.17) is 4.74 Å². The zero-order valence-corrected chi connectivity index (χ0v) is 11.6. The molecule has 1 N–H and O–H groups in total. The highest BCUT2D eigenvalue weighted by molar-refractivity contribution is 7.91. The minimum atomic E-state index is -2.76. The average molecular weight is 264 g/mol. The summed E-state index contributed by atoms with van der Waals surface area (Å²) in [5, 5.41) is 3.32. The van der Waals surface area contributed by atoms with Gasteiger partial charge in [-0.1, -0.05) is 0 Å². The topological polar surface area (TPSA) is 58.6 Å². The van der Waals surface area contributed by atoms with E-state index in [9.17, 15) is 8.42 Å². The lowest BCUT2D eigenvalue weighted by Gasteiger charge is -2.23. The second-order valence-electron chi connectivity index (χ2n) is 4.63. The summed E-state index contributed by atoms with van der Waals surface area (Å²) in [5.74, 6) is 0.677. The number of likely N-dealkylation sites (N-methyl/N-ethyl adjacent to an activating group) is 1. The molecule has 0 aromatic heterocycles. The van der Waals surface area contributed by atoms with Crippen LogP contribution in [0.5, 0.6) is 0 Å². The Hall–Kier alpha value is -0.170.